The maximum Gasteiger partial charge on any atom is 0.407 e. The van der Waals surface area contributed by atoms with Gasteiger partial charge in [0.2, 0.25) is 0 Å². The minimum atomic E-state index is -0.775. The topological polar surface area (TPSA) is 154 Å². The summed E-state index contributed by atoms with van der Waals surface area (Å²) < 4.78 is 23.1. The van der Waals surface area contributed by atoms with Crippen LogP contribution in [0.25, 0.3) is 21.6 Å². The minimum absolute atomic E-state index is 0.0337. The number of ether oxygens (including phenoxy) is 4. The molecule has 1 aliphatic heterocycles. The minimum Gasteiger partial charge on any atom is -0.493 e. The maximum atomic E-state index is 14.7. The molecular formula is C44H46N4O8S. The molecule has 3 N–H and O–H groups in total. The van der Waals surface area contributed by atoms with Gasteiger partial charge in [-0.15, -0.1) is 11.3 Å². The van der Waals surface area contributed by atoms with E-state index in [4.69, 9.17) is 18.9 Å². The van der Waals surface area contributed by atoms with Crippen LogP contribution in [0.1, 0.15) is 82.1 Å². The van der Waals surface area contributed by atoms with Crippen LogP contribution in [0, 0.1) is 0 Å². The summed E-state index contributed by atoms with van der Waals surface area (Å²) in [6.45, 7) is 8.63. The Balaban J connectivity index is 1.40. The van der Waals surface area contributed by atoms with Gasteiger partial charge in [0.1, 0.15) is 22.8 Å². The van der Waals surface area contributed by atoms with Gasteiger partial charge in [-0.05, 0) is 91.7 Å². The van der Waals surface area contributed by atoms with Crippen molar-refractivity contribution >= 4 is 40.9 Å². The molecule has 0 atom stereocenters. The molecule has 0 saturated heterocycles. The number of hydrogen-bond acceptors (Lipinski definition) is 10. The fraction of sp³-hybridized carbons (Fsp3) is 0.295. The predicted octanol–water partition coefficient (Wildman–Crippen LogP) is 8.24. The Bertz CT molecular complexity index is 2260. The number of benzene rings is 3. The number of esters is 1. The van der Waals surface area contributed by atoms with E-state index in [0.717, 1.165) is 33.6 Å². The first kappa shape index (κ1) is 40.5. The van der Waals surface area contributed by atoms with E-state index in [-0.39, 0.29) is 29.1 Å². The number of carbonyl (C=O) groups excluding carboxylic acids is 4. The number of carbonyl (C=O) groups is 4. The van der Waals surface area contributed by atoms with E-state index in [2.05, 4.69) is 20.9 Å². The van der Waals surface area contributed by atoms with Crippen LogP contribution in [0.4, 0.5) is 10.5 Å². The van der Waals surface area contributed by atoms with Crippen LogP contribution in [0.2, 0.25) is 0 Å². The second-order valence-corrected chi connectivity index (χ2v) is 15.2. The Hall–Kier alpha value is -6.21. The van der Waals surface area contributed by atoms with Crippen molar-refractivity contribution in [3.05, 3.63) is 118 Å². The molecule has 5 aromatic rings. The highest BCUT2D eigenvalue weighted by Crippen LogP contribution is 2.43. The molecule has 3 aromatic carbocycles. The highest BCUT2D eigenvalue weighted by Gasteiger charge is 2.27. The van der Waals surface area contributed by atoms with Gasteiger partial charge >= 0.3 is 12.1 Å². The van der Waals surface area contributed by atoms with E-state index in [1.807, 2.05) is 48.7 Å². The molecule has 2 aromatic heterocycles. The number of fused-ring (bicyclic) bond motifs is 3. The summed E-state index contributed by atoms with van der Waals surface area (Å²) in [7, 11) is 1.23. The van der Waals surface area contributed by atoms with Gasteiger partial charge < -0.3 is 34.9 Å². The van der Waals surface area contributed by atoms with Crippen molar-refractivity contribution in [1.82, 2.24) is 15.6 Å². The van der Waals surface area contributed by atoms with Crippen LogP contribution < -0.4 is 25.4 Å². The summed E-state index contributed by atoms with van der Waals surface area (Å²) >= 11 is 1.55. The third-order valence-corrected chi connectivity index (χ3v) is 9.93. The zero-order valence-electron chi connectivity index (χ0n) is 32.7. The molecule has 12 nitrogen and oxygen atoms in total. The summed E-state index contributed by atoms with van der Waals surface area (Å²) in [5, 5.41) is 10.6. The van der Waals surface area contributed by atoms with Gasteiger partial charge in [-0.2, -0.15) is 0 Å². The van der Waals surface area contributed by atoms with Crippen molar-refractivity contribution in [2.24, 2.45) is 0 Å². The van der Waals surface area contributed by atoms with Gasteiger partial charge in [0.15, 0.2) is 5.69 Å². The Morgan fingerprint density at radius 3 is 2.44 bits per heavy atom. The molecule has 296 valence electrons. The summed E-state index contributed by atoms with van der Waals surface area (Å²) in [4.78, 5) is 58.7. The highest BCUT2D eigenvalue weighted by atomic mass is 32.1. The largest absolute Gasteiger partial charge is 0.493 e. The molecule has 6 rings (SSSR count). The molecule has 0 fully saturated rings. The number of methoxy groups -OCH3 is 1. The van der Waals surface area contributed by atoms with Crippen molar-refractivity contribution in [3.8, 4) is 33.1 Å². The van der Waals surface area contributed by atoms with Crippen LogP contribution >= 0.6 is 11.3 Å². The van der Waals surface area contributed by atoms with E-state index in [9.17, 15) is 19.2 Å². The van der Waals surface area contributed by atoms with Crippen LogP contribution in [-0.4, -0.2) is 61.3 Å². The Labute approximate surface area is 335 Å². The molecule has 0 spiro atoms. The number of pyridine rings is 1. The van der Waals surface area contributed by atoms with Gasteiger partial charge in [-0.3, -0.25) is 9.59 Å². The third kappa shape index (κ3) is 10.2. The van der Waals surface area contributed by atoms with Crippen molar-refractivity contribution in [2.75, 3.05) is 32.2 Å². The number of amides is 3. The lowest BCUT2D eigenvalue weighted by molar-refractivity contribution is 0.0521. The number of nitrogens with zero attached hydrogens (tertiary/aromatic N) is 1. The van der Waals surface area contributed by atoms with Gasteiger partial charge in [-0.25, -0.2) is 14.6 Å². The van der Waals surface area contributed by atoms with E-state index >= 15 is 0 Å². The van der Waals surface area contributed by atoms with E-state index < -0.39 is 29.5 Å². The average molecular weight is 791 g/mol. The number of hydrogen-bond donors (Lipinski definition) is 3. The highest BCUT2D eigenvalue weighted by molar-refractivity contribution is 7.13. The molecule has 0 unspecified atom stereocenters. The quantitative estimate of drug-likeness (QED) is 0.100. The number of anilines is 1. The molecule has 1 aliphatic rings. The monoisotopic (exact) mass is 790 g/mol. The molecule has 3 heterocycles. The van der Waals surface area contributed by atoms with Gasteiger partial charge in [0.25, 0.3) is 11.8 Å². The van der Waals surface area contributed by atoms with Crippen molar-refractivity contribution in [2.45, 2.75) is 59.1 Å². The average Bonchev–Trinajstić information content (AvgIpc) is 3.60. The predicted molar refractivity (Wildman–Crippen MR) is 219 cm³/mol. The maximum absolute atomic E-state index is 14.7. The van der Waals surface area contributed by atoms with Crippen molar-refractivity contribution < 1.29 is 38.1 Å². The SMILES string of the molecule is CCCNC(=O)c1ccc(-c2cc3c(cc2C(=O)Nc2ccc(CNC(=O)OC(C)(C)C)cc2OCCc2ccccc2)-c2sccc2CCO3)c(C(=O)OC)n1. The molecule has 0 aliphatic carbocycles. The smallest absolute Gasteiger partial charge is 0.407 e. The van der Waals surface area contributed by atoms with Crippen molar-refractivity contribution in [1.29, 1.82) is 0 Å². The lowest BCUT2D eigenvalue weighted by Gasteiger charge is -2.20. The third-order valence-electron chi connectivity index (χ3n) is 8.94. The number of nitrogens with one attached hydrogen (secondary N) is 3. The lowest BCUT2D eigenvalue weighted by Crippen LogP contribution is -2.32. The molecule has 3 amide bonds. The molecule has 0 radical (unpaired) electrons. The first-order valence-electron chi connectivity index (χ1n) is 18.8. The number of aromatic nitrogens is 1. The standard InChI is InChI=1S/C44H46N4O8S/c1-6-19-45-41(50)35-15-13-30(38(47-35)42(51)53-5)31-25-36-33(39-29(17-21-54-36)18-22-57-39)24-32(31)40(49)48-34-14-12-28(26-46-43(52)56-44(2,3)4)23-37(34)55-20-16-27-10-8-7-9-11-27/h7-15,18,22-25H,6,16-17,19-21,26H2,1-5H3,(H,45,50)(H,46,52)(H,48,49). The van der Waals surface area contributed by atoms with Crippen LogP contribution in [0.15, 0.2) is 84.2 Å². The molecule has 57 heavy (non-hydrogen) atoms. The van der Waals surface area contributed by atoms with Gasteiger partial charge in [0, 0.05) is 53.1 Å². The van der Waals surface area contributed by atoms with Gasteiger partial charge in [0.05, 0.1) is 26.0 Å². The normalized spacial score (nSPS) is 11.9. The Kier molecular flexibility index (Phi) is 12.9. The van der Waals surface area contributed by atoms with E-state index in [0.29, 0.717) is 55.4 Å². The summed E-state index contributed by atoms with van der Waals surface area (Å²) in [5.41, 5.74) is 4.12. The Morgan fingerprint density at radius 1 is 0.877 bits per heavy atom. The number of rotatable bonds is 13. The Morgan fingerprint density at radius 2 is 1.68 bits per heavy atom. The molecule has 0 bridgehead atoms. The molecular weight excluding hydrogens is 745 g/mol. The van der Waals surface area contributed by atoms with Crippen LogP contribution in [0.5, 0.6) is 11.5 Å². The van der Waals surface area contributed by atoms with E-state index in [1.165, 1.54) is 13.2 Å². The fourth-order valence-electron chi connectivity index (χ4n) is 6.21. The van der Waals surface area contributed by atoms with Gasteiger partial charge in [-0.1, -0.05) is 43.3 Å². The summed E-state index contributed by atoms with van der Waals surface area (Å²) in [5.74, 6) is -0.783. The zero-order valence-corrected chi connectivity index (χ0v) is 33.5. The first-order valence-corrected chi connectivity index (χ1v) is 19.7. The van der Waals surface area contributed by atoms with Crippen LogP contribution in [0.3, 0.4) is 0 Å². The van der Waals surface area contributed by atoms with Crippen molar-refractivity contribution in [3.63, 3.8) is 0 Å². The fourth-order valence-corrected chi connectivity index (χ4v) is 7.19. The number of alkyl carbamates (subject to hydrolysis) is 1. The lowest BCUT2D eigenvalue weighted by atomic mass is 9.93. The van der Waals surface area contributed by atoms with E-state index in [1.54, 1.807) is 68.5 Å². The second kappa shape index (κ2) is 18.2. The zero-order chi connectivity index (χ0) is 40.5. The first-order chi connectivity index (χ1) is 27.4. The summed E-state index contributed by atoms with van der Waals surface area (Å²) in [6.07, 6.45) is 1.46. The molecule has 13 heteroatoms. The second-order valence-electron chi connectivity index (χ2n) is 14.3. The number of thiophene rings is 1. The summed E-state index contributed by atoms with van der Waals surface area (Å²) in [6, 6.07) is 23.8. The van der Waals surface area contributed by atoms with Crippen LogP contribution in [-0.2, 0) is 28.9 Å². The molecule has 0 saturated carbocycles.